The Morgan fingerprint density at radius 2 is 0.821 bits per heavy atom. The van der Waals surface area contributed by atoms with Crippen molar-refractivity contribution >= 4 is 62.0 Å². The lowest BCUT2D eigenvalue weighted by Gasteiger charge is -2.58. The molecule has 0 bridgehead atoms. The molecule has 0 rings (SSSR count). The van der Waals surface area contributed by atoms with E-state index >= 15 is 0 Å². The lowest BCUT2D eigenvalue weighted by Crippen LogP contribution is -2.72. The van der Waals surface area contributed by atoms with E-state index in [0.717, 1.165) is 18.6 Å². The zero-order valence-electron chi connectivity index (χ0n) is 22.0. The molecule has 0 unspecified atom stereocenters. The number of hydrogen-bond donors (Lipinski definition) is 0. The minimum Gasteiger partial charge on any atom is -0.363 e. The van der Waals surface area contributed by atoms with Crippen LogP contribution in [0.5, 0.6) is 0 Å². The fraction of sp³-hybridized carbons (Fsp3) is 0.947. The van der Waals surface area contributed by atoms with E-state index in [1.807, 2.05) is 0 Å². The second-order valence-corrected chi connectivity index (χ2v) is 53.0. The third kappa shape index (κ3) is 7.25. The van der Waals surface area contributed by atoms with Crippen molar-refractivity contribution in [2.45, 2.75) is 114 Å². The molecule has 0 amide bonds. The Morgan fingerprint density at radius 3 is 0.964 bits per heavy atom. The molecule has 0 spiro atoms. The van der Waals surface area contributed by atoms with E-state index in [0.29, 0.717) is 0 Å². The molecule has 0 aromatic heterocycles. The van der Waals surface area contributed by atoms with Crippen LogP contribution in [-0.4, -0.2) is 66.7 Å². The van der Waals surface area contributed by atoms with Crippen LogP contribution in [0, 0.1) is 0 Å². The van der Waals surface area contributed by atoms with Gasteiger partial charge in [0.05, 0.1) is 0 Å². The smallest absolute Gasteiger partial charge is 0.202 e. The SMILES string of the molecule is C[Si](C)(C)C(=[N+]=[N-])[Si][Si](C)(C([Si](C)(C)C)[Si](C)(C)C)C([Si](C)(C)C)[Si](C)(C)C. The van der Waals surface area contributed by atoms with Crippen molar-refractivity contribution < 1.29 is 4.79 Å². The maximum Gasteiger partial charge on any atom is 0.202 e. The van der Waals surface area contributed by atoms with Gasteiger partial charge in [-0.25, -0.2) is 0 Å². The highest BCUT2D eigenvalue weighted by molar-refractivity contribution is 7.52. The van der Waals surface area contributed by atoms with Gasteiger partial charge in [0, 0.05) is 39.9 Å². The van der Waals surface area contributed by atoms with Gasteiger partial charge in [0.15, 0.2) is 17.1 Å². The zero-order valence-corrected chi connectivity index (χ0v) is 29.0. The highest BCUT2D eigenvalue weighted by Gasteiger charge is 2.61. The molecule has 0 saturated carbocycles. The van der Waals surface area contributed by atoms with Gasteiger partial charge >= 0.3 is 0 Å². The van der Waals surface area contributed by atoms with Crippen LogP contribution >= 0.6 is 0 Å². The second-order valence-electron chi connectivity index (χ2n) is 14.4. The molecule has 0 aliphatic carbocycles. The molecule has 164 valence electrons. The summed E-state index contributed by atoms with van der Waals surface area (Å²) in [6.07, 6.45) is 0. The fourth-order valence-corrected chi connectivity index (χ4v) is 90.2. The molecule has 28 heavy (non-hydrogen) atoms. The van der Waals surface area contributed by atoms with Gasteiger partial charge in [-0.15, -0.1) is 0 Å². The van der Waals surface area contributed by atoms with E-state index in [-0.39, 0.29) is 0 Å². The van der Waals surface area contributed by atoms with E-state index in [2.05, 4.69) is 110 Å². The molecule has 0 saturated heterocycles. The molecule has 9 heteroatoms. The van der Waals surface area contributed by atoms with E-state index < -0.39 is 48.0 Å². The summed E-state index contributed by atoms with van der Waals surface area (Å²) in [6.45, 7) is 41.6. The van der Waals surface area contributed by atoms with Gasteiger partial charge in [-0.3, -0.25) is 0 Å². The Balaban J connectivity index is 7.16. The molecule has 0 fully saturated rings. The molecule has 0 aromatic carbocycles. The van der Waals surface area contributed by atoms with Crippen LogP contribution in [0.25, 0.3) is 5.53 Å². The molecular formula is C19H50N2Si7. The van der Waals surface area contributed by atoms with Gasteiger partial charge < -0.3 is 5.53 Å². The summed E-state index contributed by atoms with van der Waals surface area (Å²) in [5, 5.41) is 0. The molecule has 0 atom stereocenters. The Bertz CT molecular complexity index is 532. The highest BCUT2D eigenvalue weighted by Crippen LogP contribution is 2.51. The van der Waals surface area contributed by atoms with E-state index in [4.69, 9.17) is 0 Å². The highest BCUT2D eigenvalue weighted by atomic mass is 29.2. The first kappa shape index (κ1) is 28.9. The van der Waals surface area contributed by atoms with E-state index in [1.54, 1.807) is 0 Å². The fourth-order valence-electron chi connectivity index (χ4n) is 7.12. The Morgan fingerprint density at radius 1 is 0.571 bits per heavy atom. The third-order valence-corrected chi connectivity index (χ3v) is 56.5. The molecule has 0 N–H and O–H groups in total. The summed E-state index contributed by atoms with van der Waals surface area (Å²) in [7, 11) is -7.98. The average Bonchev–Trinajstić information content (AvgIpc) is 2.25. The topological polar surface area (TPSA) is 36.4 Å². The monoisotopic (exact) mass is 502 g/mol. The average molecular weight is 503 g/mol. The predicted octanol–water partition coefficient (Wildman–Crippen LogP) is 7.02. The second kappa shape index (κ2) is 8.80. The first-order chi connectivity index (χ1) is 11.9. The predicted molar refractivity (Wildman–Crippen MR) is 150 cm³/mol. The van der Waals surface area contributed by atoms with Crippen molar-refractivity contribution in [1.29, 1.82) is 0 Å². The van der Waals surface area contributed by atoms with Crippen molar-refractivity contribution in [3.63, 3.8) is 0 Å². The Hall–Kier alpha value is 0.898. The maximum absolute atomic E-state index is 10.1. The summed E-state index contributed by atoms with van der Waals surface area (Å²) < 4.78 is 0. The van der Waals surface area contributed by atoms with Crippen LogP contribution in [0.2, 0.25) is 114 Å². The van der Waals surface area contributed by atoms with Crippen molar-refractivity contribution in [3.05, 3.63) is 5.53 Å². The van der Waals surface area contributed by atoms with Crippen LogP contribution in [0.15, 0.2) is 0 Å². The van der Waals surface area contributed by atoms with Gasteiger partial charge in [-0.1, -0.05) is 114 Å². The van der Waals surface area contributed by atoms with Crippen LogP contribution < -0.4 is 0 Å². The first-order valence-corrected chi connectivity index (χ1v) is 33.4. The van der Waals surface area contributed by atoms with Gasteiger partial charge in [-0.2, -0.15) is 4.79 Å². The van der Waals surface area contributed by atoms with Gasteiger partial charge in [0.25, 0.3) is 0 Å². The standard InChI is InChI=1S/C19H50N2Si7/c1-23(2,3)17(21-20)22-28(16,18(24(4,5)6)25(7,8)9)19(26(10,11)12)27(13,14)15/h18-19H,1-16H3. The summed E-state index contributed by atoms with van der Waals surface area (Å²) >= 11 is 0. The molecule has 0 heterocycles. The van der Waals surface area contributed by atoms with Gasteiger partial charge in [0.1, 0.15) is 0 Å². The van der Waals surface area contributed by atoms with E-state index in [1.165, 1.54) is 4.96 Å². The molecule has 2 radical (unpaired) electrons. The van der Waals surface area contributed by atoms with Crippen molar-refractivity contribution in [3.8, 4) is 0 Å². The van der Waals surface area contributed by atoms with Crippen molar-refractivity contribution in [2.75, 3.05) is 0 Å². The zero-order chi connectivity index (χ0) is 23.1. The molecule has 0 aliphatic rings. The largest absolute Gasteiger partial charge is 0.363 e. The maximum atomic E-state index is 10.1. The first-order valence-electron chi connectivity index (χ1n) is 10.9. The van der Waals surface area contributed by atoms with Crippen LogP contribution in [0.1, 0.15) is 0 Å². The minimum absolute atomic E-state index is 0.813. The summed E-state index contributed by atoms with van der Waals surface area (Å²) in [5.74, 6) is 0. The number of hydrogen-bond acceptors (Lipinski definition) is 0. The third-order valence-electron chi connectivity index (χ3n) is 5.86. The molecule has 0 aliphatic heterocycles. The lowest BCUT2D eigenvalue weighted by molar-refractivity contribution is 0.00301. The van der Waals surface area contributed by atoms with Crippen LogP contribution in [0.3, 0.4) is 0 Å². The van der Waals surface area contributed by atoms with Crippen LogP contribution in [0.4, 0.5) is 0 Å². The minimum atomic E-state index is -1.73. The normalized spacial score (nSPS) is 15.2. The van der Waals surface area contributed by atoms with Gasteiger partial charge in [0.2, 0.25) is 4.96 Å². The summed E-state index contributed by atoms with van der Waals surface area (Å²) in [6, 6.07) is 0. The van der Waals surface area contributed by atoms with Crippen molar-refractivity contribution in [1.82, 2.24) is 0 Å². The molecular weight excluding hydrogens is 453 g/mol. The van der Waals surface area contributed by atoms with Crippen LogP contribution in [-0.2, 0) is 0 Å². The molecule has 0 aromatic rings. The number of rotatable bonds is 9. The van der Waals surface area contributed by atoms with E-state index in [9.17, 15) is 5.53 Å². The van der Waals surface area contributed by atoms with Gasteiger partial charge in [-0.05, 0) is 0 Å². The Kier molecular flexibility index (Phi) is 9.08. The Labute approximate surface area is 186 Å². The molecule has 2 nitrogen and oxygen atoms in total. The lowest BCUT2D eigenvalue weighted by atomic mass is 11.6. The number of nitrogens with zero attached hydrogens (tertiary/aromatic N) is 2. The quantitative estimate of drug-likeness (QED) is 0.140. The van der Waals surface area contributed by atoms with Crippen molar-refractivity contribution in [2.24, 2.45) is 0 Å². The summed E-state index contributed by atoms with van der Waals surface area (Å²) in [5.41, 5.74) is 10.1. The summed E-state index contributed by atoms with van der Waals surface area (Å²) in [4.78, 5) is 7.17.